The van der Waals surface area contributed by atoms with Gasteiger partial charge in [0, 0.05) is 29.3 Å². The molecule has 3 aromatic rings. The fourth-order valence-corrected chi connectivity index (χ4v) is 3.58. The second kappa shape index (κ2) is 6.92. The van der Waals surface area contributed by atoms with E-state index in [4.69, 9.17) is 0 Å². The number of H-pyrrole nitrogens is 1. The Kier molecular flexibility index (Phi) is 4.79. The first kappa shape index (κ1) is 18.7. The monoisotopic (exact) mass is 394 g/mol. The summed E-state index contributed by atoms with van der Waals surface area (Å²) in [5.74, 6) is -3.87. The fourth-order valence-electron chi connectivity index (χ4n) is 2.57. The van der Waals surface area contributed by atoms with Gasteiger partial charge >= 0.3 is 0 Å². The van der Waals surface area contributed by atoms with E-state index in [2.05, 4.69) is 4.98 Å². The Labute approximate surface area is 152 Å². The zero-order chi connectivity index (χ0) is 19.8. The Balaban J connectivity index is 1.86. The van der Waals surface area contributed by atoms with Gasteiger partial charge in [-0.25, -0.2) is 26.3 Å². The van der Waals surface area contributed by atoms with Crippen LogP contribution in [0.4, 0.5) is 13.2 Å². The van der Waals surface area contributed by atoms with E-state index >= 15 is 0 Å². The predicted molar refractivity (Wildman–Crippen MR) is 93.7 cm³/mol. The molecule has 0 aliphatic rings. The molecule has 27 heavy (non-hydrogen) atoms. The van der Waals surface area contributed by atoms with E-state index in [1.807, 2.05) is 0 Å². The fraction of sp³-hybridized carbons (Fsp3) is 0.0556. The lowest BCUT2D eigenvalue weighted by Gasteiger charge is -2.06. The largest absolute Gasteiger partial charge is 0.360 e. The molecule has 140 valence electrons. The van der Waals surface area contributed by atoms with Gasteiger partial charge in [-0.05, 0) is 42.8 Å². The summed E-state index contributed by atoms with van der Waals surface area (Å²) in [6, 6.07) is 4.37. The molecule has 0 saturated carbocycles. The molecule has 0 radical (unpaired) electrons. The van der Waals surface area contributed by atoms with Crippen LogP contribution < -0.4 is 4.72 Å². The third kappa shape index (κ3) is 3.87. The van der Waals surface area contributed by atoms with E-state index in [0.29, 0.717) is 28.6 Å². The normalized spacial score (nSPS) is 12.0. The van der Waals surface area contributed by atoms with Crippen LogP contribution in [-0.2, 0) is 14.8 Å². The Morgan fingerprint density at radius 3 is 2.56 bits per heavy atom. The first-order chi connectivity index (χ1) is 12.7. The molecule has 1 heterocycles. The molecule has 9 heteroatoms. The standard InChI is InChI=1S/C18H13F3N2O3S/c1-10-9-22-18-11(6-13(20)7-14(10)18)2-5-17(24)23-27(25,26)16-4-3-12(19)8-15(16)21/h2-9,22H,1H3,(H,23,24). The van der Waals surface area contributed by atoms with E-state index in [9.17, 15) is 26.4 Å². The van der Waals surface area contributed by atoms with Crippen LogP contribution in [0.3, 0.4) is 0 Å². The summed E-state index contributed by atoms with van der Waals surface area (Å²) < 4.78 is 66.0. The molecule has 0 aliphatic carbocycles. The number of hydrogen-bond donors (Lipinski definition) is 2. The van der Waals surface area contributed by atoms with Crippen molar-refractivity contribution >= 4 is 32.9 Å². The van der Waals surface area contributed by atoms with Crippen molar-refractivity contribution in [2.75, 3.05) is 0 Å². The Morgan fingerprint density at radius 1 is 1.11 bits per heavy atom. The van der Waals surface area contributed by atoms with Gasteiger partial charge in [0.15, 0.2) is 0 Å². The molecular weight excluding hydrogens is 381 g/mol. The van der Waals surface area contributed by atoms with Crippen molar-refractivity contribution < 1.29 is 26.4 Å². The number of rotatable bonds is 4. The van der Waals surface area contributed by atoms with Gasteiger partial charge in [0.1, 0.15) is 22.3 Å². The maximum Gasteiger partial charge on any atom is 0.267 e. The summed E-state index contributed by atoms with van der Waals surface area (Å²) in [6.07, 6.45) is 3.78. The van der Waals surface area contributed by atoms with Crippen molar-refractivity contribution in [2.24, 2.45) is 0 Å². The number of carbonyl (C=O) groups is 1. The summed E-state index contributed by atoms with van der Waals surface area (Å²) in [5.41, 5.74) is 1.71. The maximum absolute atomic E-state index is 13.7. The number of aryl methyl sites for hydroxylation is 1. The molecule has 0 unspecified atom stereocenters. The number of amides is 1. The Morgan fingerprint density at radius 2 is 1.85 bits per heavy atom. The number of halogens is 3. The average molecular weight is 394 g/mol. The van der Waals surface area contributed by atoms with Gasteiger partial charge in [-0.1, -0.05) is 0 Å². The third-order valence-electron chi connectivity index (χ3n) is 3.82. The van der Waals surface area contributed by atoms with Crippen LogP contribution in [-0.4, -0.2) is 19.3 Å². The molecule has 2 N–H and O–H groups in total. The number of hydrogen-bond acceptors (Lipinski definition) is 3. The van der Waals surface area contributed by atoms with Gasteiger partial charge in [0.2, 0.25) is 0 Å². The molecule has 0 bridgehead atoms. The molecule has 2 aromatic carbocycles. The predicted octanol–water partition coefficient (Wildman–Crippen LogP) is 3.41. The van der Waals surface area contributed by atoms with Crippen LogP contribution >= 0.6 is 0 Å². The number of aromatic amines is 1. The van der Waals surface area contributed by atoms with Gasteiger partial charge in [-0.15, -0.1) is 0 Å². The van der Waals surface area contributed by atoms with E-state index in [0.717, 1.165) is 17.7 Å². The van der Waals surface area contributed by atoms with Crippen molar-refractivity contribution in [3.8, 4) is 0 Å². The smallest absolute Gasteiger partial charge is 0.267 e. The second-order valence-corrected chi connectivity index (χ2v) is 7.42. The lowest BCUT2D eigenvalue weighted by atomic mass is 10.1. The highest BCUT2D eigenvalue weighted by Crippen LogP contribution is 2.24. The molecule has 1 amide bonds. The van der Waals surface area contributed by atoms with Gasteiger partial charge in [-0.3, -0.25) is 4.79 Å². The summed E-state index contributed by atoms with van der Waals surface area (Å²) in [4.78, 5) is 14.0. The molecule has 5 nitrogen and oxygen atoms in total. The number of fused-ring (bicyclic) bond motifs is 1. The minimum absolute atomic E-state index is 0.332. The maximum atomic E-state index is 13.7. The summed E-state index contributed by atoms with van der Waals surface area (Å²) in [5, 5.41) is 0.621. The highest BCUT2D eigenvalue weighted by atomic mass is 32.2. The quantitative estimate of drug-likeness (QED) is 0.666. The molecular formula is C18H13F3N2O3S. The summed E-state index contributed by atoms with van der Waals surface area (Å²) >= 11 is 0. The molecule has 0 fully saturated rings. The molecule has 3 rings (SSSR count). The van der Waals surface area contributed by atoms with E-state index in [-0.39, 0.29) is 0 Å². The SMILES string of the molecule is Cc1c[nH]c2c(C=CC(=O)NS(=O)(=O)c3ccc(F)cc3F)cc(F)cc12. The van der Waals surface area contributed by atoms with Crippen molar-refractivity contribution in [1.82, 2.24) is 9.71 Å². The van der Waals surface area contributed by atoms with Crippen LogP contribution in [0.15, 0.2) is 47.5 Å². The number of aromatic nitrogens is 1. The molecule has 0 saturated heterocycles. The number of sulfonamides is 1. The Hall–Kier alpha value is -3.07. The molecule has 0 atom stereocenters. The summed E-state index contributed by atoms with van der Waals surface area (Å²) in [7, 11) is -4.53. The highest BCUT2D eigenvalue weighted by Gasteiger charge is 2.21. The number of carbonyl (C=O) groups excluding carboxylic acids is 1. The molecule has 0 aliphatic heterocycles. The average Bonchev–Trinajstić information content (AvgIpc) is 2.93. The number of benzene rings is 2. The van der Waals surface area contributed by atoms with Gasteiger partial charge in [-0.2, -0.15) is 0 Å². The van der Waals surface area contributed by atoms with Crippen LogP contribution in [0, 0.1) is 24.4 Å². The summed E-state index contributed by atoms with van der Waals surface area (Å²) in [6.45, 7) is 1.78. The van der Waals surface area contributed by atoms with Crippen molar-refractivity contribution in [3.63, 3.8) is 0 Å². The van der Waals surface area contributed by atoms with Crippen LogP contribution in [0.5, 0.6) is 0 Å². The minimum atomic E-state index is -4.53. The van der Waals surface area contributed by atoms with Gasteiger partial charge < -0.3 is 4.98 Å². The third-order valence-corrected chi connectivity index (χ3v) is 5.20. The van der Waals surface area contributed by atoms with Gasteiger partial charge in [0.05, 0.1) is 5.52 Å². The Bertz CT molecular complexity index is 1180. The van der Waals surface area contributed by atoms with Crippen LogP contribution in [0.25, 0.3) is 17.0 Å². The second-order valence-electron chi connectivity index (χ2n) is 5.77. The molecule has 1 aromatic heterocycles. The lowest BCUT2D eigenvalue weighted by molar-refractivity contribution is -0.114. The first-order valence-corrected chi connectivity index (χ1v) is 9.13. The zero-order valence-electron chi connectivity index (χ0n) is 13.9. The zero-order valence-corrected chi connectivity index (χ0v) is 14.7. The van der Waals surface area contributed by atoms with Crippen LogP contribution in [0.1, 0.15) is 11.1 Å². The molecule has 0 spiro atoms. The van der Waals surface area contributed by atoms with Crippen molar-refractivity contribution in [3.05, 3.63) is 71.2 Å². The highest BCUT2D eigenvalue weighted by molar-refractivity contribution is 7.90. The first-order valence-electron chi connectivity index (χ1n) is 7.64. The van der Waals surface area contributed by atoms with E-state index in [1.54, 1.807) is 17.8 Å². The lowest BCUT2D eigenvalue weighted by Crippen LogP contribution is -2.29. The number of nitrogens with one attached hydrogen (secondary N) is 2. The van der Waals surface area contributed by atoms with Crippen molar-refractivity contribution in [2.45, 2.75) is 11.8 Å². The van der Waals surface area contributed by atoms with E-state index < -0.39 is 38.3 Å². The topological polar surface area (TPSA) is 79.0 Å². The van der Waals surface area contributed by atoms with Gasteiger partial charge in [0.25, 0.3) is 15.9 Å². The minimum Gasteiger partial charge on any atom is -0.360 e. The van der Waals surface area contributed by atoms with E-state index in [1.165, 1.54) is 18.2 Å². The van der Waals surface area contributed by atoms with Crippen LogP contribution in [0.2, 0.25) is 0 Å². The van der Waals surface area contributed by atoms with Crippen molar-refractivity contribution in [1.29, 1.82) is 0 Å².